The maximum atomic E-state index is 12.0. The zero-order valence-corrected chi connectivity index (χ0v) is 19.9. The molecule has 0 saturated heterocycles. The summed E-state index contributed by atoms with van der Waals surface area (Å²) < 4.78 is 5.38. The molecule has 1 heterocycles. The minimum atomic E-state index is -0.212. The Hall–Kier alpha value is -2.49. The van der Waals surface area contributed by atoms with Gasteiger partial charge in [0.25, 0.3) is 0 Å². The summed E-state index contributed by atoms with van der Waals surface area (Å²) >= 11 is 0. The van der Waals surface area contributed by atoms with Crippen LogP contribution in [-0.2, 0) is 11.2 Å². The van der Waals surface area contributed by atoms with Crippen molar-refractivity contribution in [2.75, 3.05) is 0 Å². The van der Waals surface area contributed by atoms with Crippen molar-refractivity contribution in [3.63, 3.8) is 0 Å². The summed E-state index contributed by atoms with van der Waals surface area (Å²) in [4.78, 5) is 20.8. The van der Waals surface area contributed by atoms with E-state index in [1.807, 2.05) is 6.08 Å². The first-order valence-electron chi connectivity index (χ1n) is 12.5. The first-order valence-corrected chi connectivity index (χ1v) is 12.5. The molecule has 2 aromatic rings. The van der Waals surface area contributed by atoms with E-state index in [2.05, 4.69) is 47.7 Å². The zero-order valence-electron chi connectivity index (χ0n) is 19.9. The number of aromatic nitrogens is 2. The SMILES string of the molecule is C=CCCCCCCCCC(=O)Oc1cnc(-c2ccc(CCCCCCC)cc2)nc1. The van der Waals surface area contributed by atoms with E-state index in [1.54, 1.807) is 12.4 Å². The molecule has 4 heteroatoms. The lowest BCUT2D eigenvalue weighted by molar-refractivity contribution is -0.134. The van der Waals surface area contributed by atoms with Crippen LogP contribution >= 0.6 is 0 Å². The van der Waals surface area contributed by atoms with Gasteiger partial charge in [-0.25, -0.2) is 9.97 Å². The van der Waals surface area contributed by atoms with Gasteiger partial charge in [-0.05, 0) is 37.7 Å². The van der Waals surface area contributed by atoms with Gasteiger partial charge in [-0.15, -0.1) is 6.58 Å². The second-order valence-electron chi connectivity index (χ2n) is 8.53. The summed E-state index contributed by atoms with van der Waals surface area (Å²) in [5, 5.41) is 0. The number of nitrogens with zero attached hydrogens (tertiary/aromatic N) is 2. The third-order valence-corrected chi connectivity index (χ3v) is 5.68. The number of allylic oxidation sites excluding steroid dienone is 1. The molecule has 32 heavy (non-hydrogen) atoms. The van der Waals surface area contributed by atoms with E-state index in [4.69, 9.17) is 4.74 Å². The van der Waals surface area contributed by atoms with Crippen molar-refractivity contribution in [1.82, 2.24) is 9.97 Å². The maximum Gasteiger partial charge on any atom is 0.311 e. The Morgan fingerprint density at radius 1 is 0.875 bits per heavy atom. The summed E-state index contributed by atoms with van der Waals surface area (Å²) in [6, 6.07) is 8.46. The van der Waals surface area contributed by atoms with Gasteiger partial charge in [0, 0.05) is 12.0 Å². The second kappa shape index (κ2) is 16.2. The molecule has 0 atom stereocenters. The van der Waals surface area contributed by atoms with Gasteiger partial charge in [0.15, 0.2) is 11.6 Å². The number of ether oxygens (including phenoxy) is 1. The average molecular weight is 437 g/mol. The first-order chi connectivity index (χ1) is 15.7. The van der Waals surface area contributed by atoms with Gasteiger partial charge in [0.2, 0.25) is 0 Å². The van der Waals surface area contributed by atoms with Crippen molar-refractivity contribution in [3.8, 4) is 17.1 Å². The smallest absolute Gasteiger partial charge is 0.311 e. The number of carbonyl (C=O) groups is 1. The maximum absolute atomic E-state index is 12.0. The largest absolute Gasteiger partial charge is 0.423 e. The van der Waals surface area contributed by atoms with Gasteiger partial charge in [-0.2, -0.15) is 0 Å². The fourth-order valence-corrected chi connectivity index (χ4v) is 3.72. The number of benzene rings is 1. The predicted molar refractivity (Wildman–Crippen MR) is 133 cm³/mol. The van der Waals surface area contributed by atoms with Crippen LogP contribution in [0.15, 0.2) is 49.3 Å². The van der Waals surface area contributed by atoms with Crippen LogP contribution < -0.4 is 4.74 Å². The van der Waals surface area contributed by atoms with Crippen molar-refractivity contribution in [2.45, 2.75) is 96.8 Å². The Morgan fingerprint density at radius 3 is 2.19 bits per heavy atom. The zero-order chi connectivity index (χ0) is 22.9. The lowest BCUT2D eigenvalue weighted by Crippen LogP contribution is -2.08. The molecule has 0 aliphatic carbocycles. The predicted octanol–water partition coefficient (Wildman–Crippen LogP) is 7.87. The Bertz CT molecular complexity index is 769. The molecule has 0 spiro atoms. The van der Waals surface area contributed by atoms with E-state index in [9.17, 15) is 4.79 Å². The number of hydrogen-bond acceptors (Lipinski definition) is 4. The fraction of sp³-hybridized carbons (Fsp3) is 0.536. The third kappa shape index (κ3) is 10.7. The van der Waals surface area contributed by atoms with Gasteiger partial charge in [0.05, 0.1) is 12.4 Å². The molecular weight excluding hydrogens is 396 g/mol. The van der Waals surface area contributed by atoms with Crippen molar-refractivity contribution < 1.29 is 9.53 Å². The van der Waals surface area contributed by atoms with E-state index in [0.29, 0.717) is 18.0 Å². The molecule has 0 amide bonds. The highest BCUT2D eigenvalue weighted by molar-refractivity contribution is 5.72. The Balaban J connectivity index is 1.67. The summed E-state index contributed by atoms with van der Waals surface area (Å²) in [5.41, 5.74) is 2.33. The van der Waals surface area contributed by atoms with Gasteiger partial charge < -0.3 is 4.74 Å². The number of rotatable bonds is 17. The van der Waals surface area contributed by atoms with Crippen LogP contribution in [0.4, 0.5) is 0 Å². The van der Waals surface area contributed by atoms with Crippen LogP contribution in [0.1, 0.15) is 96.0 Å². The molecule has 1 aromatic carbocycles. The fourth-order valence-electron chi connectivity index (χ4n) is 3.72. The Labute approximate surface area is 194 Å². The van der Waals surface area contributed by atoms with Crippen LogP contribution in [0, 0.1) is 0 Å². The van der Waals surface area contributed by atoms with E-state index >= 15 is 0 Å². The van der Waals surface area contributed by atoms with Crippen molar-refractivity contribution >= 4 is 5.97 Å². The lowest BCUT2D eigenvalue weighted by Gasteiger charge is -2.06. The standard InChI is InChI=1S/C28H40N2O2/c1-3-5-7-9-10-11-13-15-17-27(31)32-26-22-29-28(30-23-26)25-20-18-24(19-21-25)16-14-12-8-6-4-2/h3,18-23H,1,4-17H2,2H3. The normalized spacial score (nSPS) is 10.8. The summed E-state index contributed by atoms with van der Waals surface area (Å²) in [7, 11) is 0. The van der Waals surface area contributed by atoms with Crippen molar-refractivity contribution in [3.05, 3.63) is 54.9 Å². The minimum Gasteiger partial charge on any atom is -0.423 e. The van der Waals surface area contributed by atoms with Crippen LogP contribution in [0.5, 0.6) is 5.75 Å². The van der Waals surface area contributed by atoms with Crippen LogP contribution in [0.2, 0.25) is 0 Å². The molecule has 0 aliphatic heterocycles. The summed E-state index contributed by atoms with van der Waals surface area (Å²) in [6.45, 7) is 5.98. The minimum absolute atomic E-state index is 0.212. The van der Waals surface area contributed by atoms with E-state index in [0.717, 1.165) is 31.2 Å². The van der Waals surface area contributed by atoms with Crippen LogP contribution in [-0.4, -0.2) is 15.9 Å². The molecule has 4 nitrogen and oxygen atoms in total. The highest BCUT2D eigenvalue weighted by atomic mass is 16.5. The third-order valence-electron chi connectivity index (χ3n) is 5.68. The quantitative estimate of drug-likeness (QED) is 0.144. The van der Waals surface area contributed by atoms with Crippen LogP contribution in [0.25, 0.3) is 11.4 Å². The van der Waals surface area contributed by atoms with Gasteiger partial charge in [-0.1, -0.05) is 88.6 Å². The van der Waals surface area contributed by atoms with E-state index in [1.165, 1.54) is 63.4 Å². The molecule has 0 radical (unpaired) electrons. The van der Waals surface area contributed by atoms with E-state index < -0.39 is 0 Å². The van der Waals surface area contributed by atoms with Gasteiger partial charge in [-0.3, -0.25) is 4.79 Å². The molecule has 1 aromatic heterocycles. The summed E-state index contributed by atoms with van der Waals surface area (Å²) in [6.07, 6.45) is 21.0. The highest BCUT2D eigenvalue weighted by Gasteiger charge is 2.07. The molecule has 2 rings (SSSR count). The Morgan fingerprint density at radius 2 is 1.50 bits per heavy atom. The number of hydrogen-bond donors (Lipinski definition) is 0. The average Bonchev–Trinajstić information content (AvgIpc) is 2.82. The Kier molecular flexibility index (Phi) is 13.0. The summed E-state index contributed by atoms with van der Waals surface area (Å²) in [5.74, 6) is 0.846. The molecule has 0 fully saturated rings. The molecule has 174 valence electrons. The lowest BCUT2D eigenvalue weighted by atomic mass is 10.0. The first kappa shape index (κ1) is 25.8. The van der Waals surface area contributed by atoms with Crippen molar-refractivity contribution in [2.24, 2.45) is 0 Å². The number of aryl methyl sites for hydroxylation is 1. The number of unbranched alkanes of at least 4 members (excludes halogenated alkanes) is 10. The van der Waals surface area contributed by atoms with Crippen molar-refractivity contribution in [1.29, 1.82) is 0 Å². The molecule has 0 saturated carbocycles. The topological polar surface area (TPSA) is 52.1 Å². The number of carbonyl (C=O) groups excluding carboxylic acids is 1. The van der Waals surface area contributed by atoms with Crippen LogP contribution in [0.3, 0.4) is 0 Å². The van der Waals surface area contributed by atoms with Gasteiger partial charge in [0.1, 0.15) is 0 Å². The highest BCUT2D eigenvalue weighted by Crippen LogP contribution is 2.19. The molecule has 0 aliphatic rings. The molecular formula is C28H40N2O2. The molecule has 0 N–H and O–H groups in total. The molecule has 0 unspecified atom stereocenters. The second-order valence-corrected chi connectivity index (χ2v) is 8.53. The molecule has 0 bridgehead atoms. The van der Waals surface area contributed by atoms with E-state index in [-0.39, 0.29) is 5.97 Å². The monoisotopic (exact) mass is 436 g/mol. The number of esters is 1. The van der Waals surface area contributed by atoms with Gasteiger partial charge >= 0.3 is 5.97 Å².